The number of hydrogen-bond donors (Lipinski definition) is 1. The second-order valence-electron chi connectivity index (χ2n) is 3.14. The van der Waals surface area contributed by atoms with Gasteiger partial charge in [-0.25, -0.2) is 0 Å². The molecule has 0 fully saturated rings. The van der Waals surface area contributed by atoms with Gasteiger partial charge in [0.2, 0.25) is 5.91 Å². The topological polar surface area (TPSA) is 29.1 Å². The van der Waals surface area contributed by atoms with Crippen LogP contribution in [0.25, 0.3) is 0 Å². The molecule has 0 saturated carbocycles. The number of allylic oxidation sites excluding steroid dienone is 1. The van der Waals surface area contributed by atoms with E-state index in [0.29, 0.717) is 0 Å². The van der Waals surface area contributed by atoms with Gasteiger partial charge in [0, 0.05) is 10.2 Å². The first-order valence-corrected chi connectivity index (χ1v) is 5.68. The van der Waals surface area contributed by atoms with Crippen molar-refractivity contribution in [2.45, 2.75) is 20.3 Å². The molecule has 80 valence electrons. The third-order valence-electron chi connectivity index (χ3n) is 2.02. The van der Waals surface area contributed by atoms with Crippen LogP contribution in [-0.2, 0) is 11.2 Å². The van der Waals surface area contributed by atoms with Crippen molar-refractivity contribution >= 4 is 27.5 Å². The van der Waals surface area contributed by atoms with Gasteiger partial charge in [-0.15, -0.1) is 0 Å². The molecule has 0 unspecified atom stereocenters. The fraction of sp³-hybridized carbons (Fsp3) is 0.250. The Bertz CT molecular complexity index is 385. The number of benzene rings is 1. The summed E-state index contributed by atoms with van der Waals surface area (Å²) in [7, 11) is 0. The molecule has 0 bridgehead atoms. The number of rotatable bonds is 3. The standard InChI is InChI=1S/C12H14BrNO/c1-3-5-12(15)14-11-7-6-10(13)8-9(11)4-2/h3,5-8H,4H2,1-2H3,(H,14,15)/b5-3+. The molecule has 1 aromatic rings. The van der Waals surface area contributed by atoms with Gasteiger partial charge in [-0.05, 0) is 43.2 Å². The van der Waals surface area contributed by atoms with E-state index in [1.165, 1.54) is 6.08 Å². The van der Waals surface area contributed by atoms with Crippen LogP contribution >= 0.6 is 15.9 Å². The van der Waals surface area contributed by atoms with E-state index in [4.69, 9.17) is 0 Å². The molecule has 0 aliphatic carbocycles. The molecule has 15 heavy (non-hydrogen) atoms. The maximum absolute atomic E-state index is 11.4. The van der Waals surface area contributed by atoms with Crippen molar-refractivity contribution in [2.24, 2.45) is 0 Å². The SMILES string of the molecule is C/C=C/C(=O)Nc1ccc(Br)cc1CC. The lowest BCUT2D eigenvalue weighted by atomic mass is 10.1. The van der Waals surface area contributed by atoms with Crippen molar-refractivity contribution in [1.82, 2.24) is 0 Å². The Hall–Kier alpha value is -1.09. The van der Waals surface area contributed by atoms with Crippen LogP contribution in [0.5, 0.6) is 0 Å². The summed E-state index contributed by atoms with van der Waals surface area (Å²) in [5.41, 5.74) is 2.01. The summed E-state index contributed by atoms with van der Waals surface area (Å²) in [6, 6.07) is 5.85. The molecule has 3 heteroatoms. The molecule has 0 aliphatic heterocycles. The zero-order chi connectivity index (χ0) is 11.3. The van der Waals surface area contributed by atoms with E-state index in [2.05, 4.69) is 28.2 Å². The average Bonchev–Trinajstić information content (AvgIpc) is 2.21. The summed E-state index contributed by atoms with van der Waals surface area (Å²) >= 11 is 3.41. The molecule has 1 N–H and O–H groups in total. The Kier molecular flexibility index (Phi) is 4.56. The normalized spacial score (nSPS) is 10.6. The van der Waals surface area contributed by atoms with Crippen molar-refractivity contribution in [3.63, 3.8) is 0 Å². The second kappa shape index (κ2) is 5.71. The van der Waals surface area contributed by atoms with E-state index in [9.17, 15) is 4.79 Å². The number of anilines is 1. The van der Waals surface area contributed by atoms with E-state index >= 15 is 0 Å². The van der Waals surface area contributed by atoms with Crippen molar-refractivity contribution in [1.29, 1.82) is 0 Å². The lowest BCUT2D eigenvalue weighted by molar-refractivity contribution is -0.111. The number of hydrogen-bond acceptors (Lipinski definition) is 1. The van der Waals surface area contributed by atoms with Gasteiger partial charge in [0.25, 0.3) is 0 Å². The summed E-state index contributed by atoms with van der Waals surface area (Å²) in [5, 5.41) is 2.84. The van der Waals surface area contributed by atoms with Gasteiger partial charge in [0.1, 0.15) is 0 Å². The van der Waals surface area contributed by atoms with Gasteiger partial charge in [-0.1, -0.05) is 28.9 Å². The maximum Gasteiger partial charge on any atom is 0.248 e. The molecule has 0 heterocycles. The molecule has 0 aromatic heterocycles. The van der Waals surface area contributed by atoms with E-state index < -0.39 is 0 Å². The van der Waals surface area contributed by atoms with Crippen LogP contribution in [0.1, 0.15) is 19.4 Å². The highest BCUT2D eigenvalue weighted by molar-refractivity contribution is 9.10. The molecule has 0 aliphatic rings. The zero-order valence-electron chi connectivity index (χ0n) is 8.88. The number of aryl methyl sites for hydroxylation is 1. The molecule has 1 amide bonds. The molecule has 0 saturated heterocycles. The molecular weight excluding hydrogens is 254 g/mol. The Labute approximate surface area is 98.5 Å². The zero-order valence-corrected chi connectivity index (χ0v) is 10.5. The lowest BCUT2D eigenvalue weighted by Crippen LogP contribution is -2.09. The van der Waals surface area contributed by atoms with Gasteiger partial charge >= 0.3 is 0 Å². The van der Waals surface area contributed by atoms with E-state index in [-0.39, 0.29) is 5.91 Å². The van der Waals surface area contributed by atoms with Gasteiger partial charge in [-0.3, -0.25) is 4.79 Å². The van der Waals surface area contributed by atoms with Crippen LogP contribution in [-0.4, -0.2) is 5.91 Å². The number of carbonyl (C=O) groups is 1. The molecule has 2 nitrogen and oxygen atoms in total. The molecule has 0 radical (unpaired) electrons. The number of nitrogens with one attached hydrogen (secondary N) is 1. The maximum atomic E-state index is 11.4. The third-order valence-corrected chi connectivity index (χ3v) is 2.52. The highest BCUT2D eigenvalue weighted by atomic mass is 79.9. The lowest BCUT2D eigenvalue weighted by Gasteiger charge is -2.08. The predicted octanol–water partition coefficient (Wildman–Crippen LogP) is 3.53. The monoisotopic (exact) mass is 267 g/mol. The van der Waals surface area contributed by atoms with Crippen molar-refractivity contribution < 1.29 is 4.79 Å². The van der Waals surface area contributed by atoms with E-state index in [1.54, 1.807) is 6.08 Å². The first kappa shape index (κ1) is 12.0. The van der Waals surface area contributed by atoms with Crippen LogP contribution in [0, 0.1) is 0 Å². The highest BCUT2D eigenvalue weighted by Gasteiger charge is 2.03. The van der Waals surface area contributed by atoms with Crippen molar-refractivity contribution in [3.05, 3.63) is 40.4 Å². The average molecular weight is 268 g/mol. The van der Waals surface area contributed by atoms with Crippen molar-refractivity contribution in [3.8, 4) is 0 Å². The largest absolute Gasteiger partial charge is 0.322 e. The fourth-order valence-electron chi connectivity index (χ4n) is 1.30. The number of halogens is 1. The van der Waals surface area contributed by atoms with Crippen molar-refractivity contribution in [2.75, 3.05) is 5.32 Å². The Morgan fingerprint density at radius 3 is 2.87 bits per heavy atom. The van der Waals surface area contributed by atoms with Gasteiger partial charge in [0.15, 0.2) is 0 Å². The van der Waals surface area contributed by atoms with Crippen LogP contribution in [0.3, 0.4) is 0 Å². The molecule has 0 spiro atoms. The predicted molar refractivity (Wildman–Crippen MR) is 67.0 cm³/mol. The summed E-state index contributed by atoms with van der Waals surface area (Å²) in [6.07, 6.45) is 4.13. The summed E-state index contributed by atoms with van der Waals surface area (Å²) in [6.45, 7) is 3.88. The van der Waals surface area contributed by atoms with Gasteiger partial charge in [-0.2, -0.15) is 0 Å². The fourth-order valence-corrected chi connectivity index (χ4v) is 1.71. The van der Waals surface area contributed by atoms with Crippen LogP contribution in [0.4, 0.5) is 5.69 Å². The Balaban J connectivity index is 2.89. The molecule has 1 rings (SSSR count). The van der Waals surface area contributed by atoms with E-state index in [0.717, 1.165) is 22.1 Å². The first-order chi connectivity index (χ1) is 7.17. The molecule has 1 aromatic carbocycles. The first-order valence-electron chi connectivity index (χ1n) is 4.89. The summed E-state index contributed by atoms with van der Waals surface area (Å²) < 4.78 is 1.03. The molecular formula is C12H14BrNO. The Morgan fingerprint density at radius 1 is 1.53 bits per heavy atom. The van der Waals surface area contributed by atoms with Crippen LogP contribution in [0.2, 0.25) is 0 Å². The molecule has 0 atom stereocenters. The minimum Gasteiger partial charge on any atom is -0.322 e. The smallest absolute Gasteiger partial charge is 0.248 e. The second-order valence-corrected chi connectivity index (χ2v) is 4.06. The minimum absolute atomic E-state index is 0.0884. The summed E-state index contributed by atoms with van der Waals surface area (Å²) in [4.78, 5) is 11.4. The minimum atomic E-state index is -0.0884. The van der Waals surface area contributed by atoms with Crippen LogP contribution in [0.15, 0.2) is 34.8 Å². The quantitative estimate of drug-likeness (QED) is 0.835. The highest BCUT2D eigenvalue weighted by Crippen LogP contribution is 2.21. The number of carbonyl (C=O) groups excluding carboxylic acids is 1. The number of amides is 1. The van der Waals surface area contributed by atoms with Gasteiger partial charge in [0.05, 0.1) is 0 Å². The van der Waals surface area contributed by atoms with Crippen LogP contribution < -0.4 is 5.32 Å². The van der Waals surface area contributed by atoms with E-state index in [1.807, 2.05) is 25.1 Å². The summed E-state index contributed by atoms with van der Waals surface area (Å²) in [5.74, 6) is -0.0884. The Morgan fingerprint density at radius 2 is 2.27 bits per heavy atom. The van der Waals surface area contributed by atoms with Gasteiger partial charge < -0.3 is 5.32 Å². The third kappa shape index (κ3) is 3.51.